The monoisotopic (exact) mass is 1340 g/mol. The maximum atomic E-state index is 11.3. The predicted octanol–water partition coefficient (Wildman–Crippen LogP) is 9.97. The van der Waals surface area contributed by atoms with Gasteiger partial charge in [0.15, 0.2) is 37.7 Å². The van der Waals surface area contributed by atoms with Gasteiger partial charge in [-0.15, -0.1) is 12.3 Å². The largest absolute Gasteiger partial charge is 0.394 e. The summed E-state index contributed by atoms with van der Waals surface area (Å²) >= 11 is 0. The van der Waals surface area contributed by atoms with Crippen LogP contribution in [0, 0.1) is 53.8 Å². The van der Waals surface area contributed by atoms with E-state index in [9.17, 15) is 31.9 Å². The second-order valence-electron chi connectivity index (χ2n) is 26.4. The lowest BCUT2D eigenvalue weighted by atomic mass is 9.85. The van der Waals surface area contributed by atoms with Crippen molar-refractivity contribution in [2.24, 2.45) is 56.8 Å². The lowest BCUT2D eigenvalue weighted by Crippen LogP contribution is -2.64. The van der Waals surface area contributed by atoms with E-state index in [0.717, 1.165) is 16.7 Å². The first-order chi connectivity index (χ1) is 46.5. The molecule has 27 heteroatoms. The fourth-order valence-electron chi connectivity index (χ4n) is 14.1. The van der Waals surface area contributed by atoms with Crippen LogP contribution in [0.1, 0.15) is 98.8 Å². The molecule has 6 saturated heterocycles. The Morgan fingerprint density at radius 3 is 1.06 bits per heavy atom. The third-order valence-corrected chi connectivity index (χ3v) is 19.9. The van der Waals surface area contributed by atoms with Crippen molar-refractivity contribution < 1.29 is 86.4 Å². The van der Waals surface area contributed by atoms with Crippen LogP contribution in [0.2, 0.25) is 0 Å². The number of azide groups is 3. The average Bonchev–Trinajstić information content (AvgIpc) is 0.796. The number of hydrogen-bond acceptors (Lipinski definition) is 21. The molecule has 0 saturated carbocycles. The predicted molar refractivity (Wildman–Crippen MR) is 347 cm³/mol. The summed E-state index contributed by atoms with van der Waals surface area (Å²) in [5, 5.41) is 45.6. The average molecular weight is 1340 g/mol. The van der Waals surface area contributed by atoms with Crippen molar-refractivity contribution in [1.82, 2.24) is 0 Å². The van der Waals surface area contributed by atoms with Crippen molar-refractivity contribution in [3.63, 3.8) is 0 Å². The third kappa shape index (κ3) is 17.9. The minimum atomic E-state index is -1.27. The van der Waals surface area contributed by atoms with E-state index in [4.69, 9.17) is 77.5 Å². The Morgan fingerprint density at radius 1 is 0.385 bits per heavy atom. The molecule has 3 N–H and O–H groups in total. The molecule has 6 heterocycles. The molecule has 0 aliphatic carbocycles. The zero-order valence-corrected chi connectivity index (χ0v) is 56.4. The SMILES string of the molecule is C#CCCCO[C@@H]1OC(CO)[C@H](O[C@@H]2OC(C)[C@H](O[C@@H]3OC(CO)[C@H](O[C@@H]4OC(C)[C@H](O[C@@H]5OC(CO)[C@H](O[C@@H]6OC(C)[C@H](C)[C@@H](OCc7ccccc7)C6C)[C@H](C)C5N=[N+]=[N-])[C@@H](OCc5ccccc5)C4C)[C@H](C)C3N=[N+]=[N-])[C@@H](OCc3ccccc3)C2C)[C@H](C)C1N=[N+]=[N-]. The fraction of sp³-hybridized carbons (Fsp3) is 0.710. The van der Waals surface area contributed by atoms with Gasteiger partial charge in [-0.3, -0.25) is 0 Å². The molecule has 6 fully saturated rings. The number of ether oxygens (including phenoxy) is 15. The molecule has 0 amide bonds. The summed E-state index contributed by atoms with van der Waals surface area (Å²) in [5.74, 6) is -0.623. The van der Waals surface area contributed by atoms with E-state index in [1.165, 1.54) is 0 Å². The second kappa shape index (κ2) is 36.0. The van der Waals surface area contributed by atoms with Gasteiger partial charge in [0.1, 0.15) is 30.5 Å². The quantitative estimate of drug-likeness (QED) is 0.0191. The van der Waals surface area contributed by atoms with Crippen LogP contribution in [0.25, 0.3) is 31.3 Å². The third-order valence-electron chi connectivity index (χ3n) is 19.9. The molecular weight excluding hydrogens is 1240 g/mol. The maximum Gasteiger partial charge on any atom is 0.167 e. The van der Waals surface area contributed by atoms with Gasteiger partial charge in [-0.05, 0) is 78.2 Å². The first-order valence-electron chi connectivity index (χ1n) is 33.6. The molecule has 6 aliphatic rings. The highest BCUT2D eigenvalue weighted by Crippen LogP contribution is 2.44. The Bertz CT molecular complexity index is 3040. The second-order valence-corrected chi connectivity index (χ2v) is 26.4. The minimum Gasteiger partial charge on any atom is -0.394 e. The van der Waals surface area contributed by atoms with Crippen molar-refractivity contribution in [1.29, 1.82) is 0 Å². The normalized spacial score (nSPS) is 40.2. The van der Waals surface area contributed by atoms with E-state index < -0.39 is 179 Å². The van der Waals surface area contributed by atoms with Crippen LogP contribution in [-0.2, 0) is 90.9 Å². The summed E-state index contributed by atoms with van der Waals surface area (Å²) in [4.78, 5) is 9.59. The Kier molecular flexibility index (Phi) is 28.0. The van der Waals surface area contributed by atoms with Gasteiger partial charge < -0.3 is 86.4 Å². The molecule has 0 bridgehead atoms. The zero-order valence-electron chi connectivity index (χ0n) is 56.4. The molecule has 96 heavy (non-hydrogen) atoms. The van der Waals surface area contributed by atoms with Gasteiger partial charge in [0.2, 0.25) is 0 Å². The summed E-state index contributed by atoms with van der Waals surface area (Å²) in [6.07, 6.45) is -10.7. The Morgan fingerprint density at radius 2 is 0.708 bits per heavy atom. The van der Waals surface area contributed by atoms with Gasteiger partial charge in [0.05, 0.1) is 119 Å². The standard InChI is InChI=1S/C69H97N9O18/c1-12-13-23-30-82-67-53(73-76-70)38(3)57(50(31-79)89-67)93-65-42(7)60(84-35-48-26-19-15-20-27-48)62(45(10)87-65)96-69-55(75-78-72)40(5)59(52(33-81)91-69)94-66-43(8)61(85-36-49-28-21-16-22-29-49)63(46(11)88-66)95-68-54(74-77-71)39(4)58(51(32-80)90-68)92-64-41(6)56(37(2)44(9)86-64)83-34-47-24-17-14-18-25-47/h1,14-22,24-29,37-46,50-69,79-81H,13,23,30-36H2,2-11H3/t37-,38+,39+,40+,41?,42?,43?,44?,45?,46?,50?,51?,52?,53?,54?,55?,56+,57+,58+,59+,60-,61-,62-,63-,64-,65-,66-,67+,68-,69-/m0/s1. The topological polar surface area (TPSA) is 345 Å². The molecule has 12 unspecified atom stereocenters. The highest BCUT2D eigenvalue weighted by Gasteiger charge is 2.56. The number of unbranched alkanes of at least 4 members (excludes halogenated alkanes) is 1. The van der Waals surface area contributed by atoms with Crippen LogP contribution in [0.15, 0.2) is 106 Å². The number of nitrogens with zero attached hydrogens (tertiary/aromatic N) is 9. The van der Waals surface area contributed by atoms with Gasteiger partial charge in [-0.1, -0.05) is 155 Å². The van der Waals surface area contributed by atoms with Crippen LogP contribution in [0.5, 0.6) is 0 Å². The van der Waals surface area contributed by atoms with E-state index in [1.54, 1.807) is 13.8 Å². The number of aliphatic hydroxyl groups is 3. The van der Waals surface area contributed by atoms with Crippen LogP contribution >= 0.6 is 0 Å². The highest BCUT2D eigenvalue weighted by molar-refractivity contribution is 5.16. The van der Waals surface area contributed by atoms with Gasteiger partial charge in [-0.2, -0.15) is 0 Å². The van der Waals surface area contributed by atoms with Crippen LogP contribution < -0.4 is 0 Å². The first kappa shape index (κ1) is 74.6. The van der Waals surface area contributed by atoms with Crippen molar-refractivity contribution >= 4 is 0 Å². The first-order valence-corrected chi connectivity index (χ1v) is 33.6. The van der Waals surface area contributed by atoms with Crippen LogP contribution in [0.4, 0.5) is 0 Å². The summed E-state index contributed by atoms with van der Waals surface area (Å²) in [6, 6.07) is 26.3. The van der Waals surface area contributed by atoms with Crippen LogP contribution in [0.3, 0.4) is 0 Å². The van der Waals surface area contributed by atoms with Gasteiger partial charge in [-0.25, -0.2) is 0 Å². The molecule has 6 aliphatic heterocycles. The van der Waals surface area contributed by atoms with E-state index in [1.807, 2.05) is 139 Å². The molecule has 27 nitrogen and oxygen atoms in total. The molecule has 3 aromatic rings. The highest BCUT2D eigenvalue weighted by atomic mass is 16.8. The number of hydrogen-bond donors (Lipinski definition) is 3. The van der Waals surface area contributed by atoms with E-state index in [2.05, 4.69) is 42.9 Å². The maximum absolute atomic E-state index is 11.3. The minimum absolute atomic E-state index is 0.0349. The van der Waals surface area contributed by atoms with Crippen LogP contribution in [-0.4, -0.2) is 183 Å². The number of benzene rings is 3. The van der Waals surface area contributed by atoms with Gasteiger partial charge in [0, 0.05) is 44.8 Å². The summed E-state index contributed by atoms with van der Waals surface area (Å²) in [5.41, 5.74) is 32.8. The van der Waals surface area contributed by atoms with Crippen molar-refractivity contribution in [2.45, 2.75) is 243 Å². The summed E-state index contributed by atoms with van der Waals surface area (Å²) in [6.45, 7) is 18.5. The Balaban J connectivity index is 0.913. The molecule has 0 radical (unpaired) electrons. The molecule has 30 atom stereocenters. The van der Waals surface area contributed by atoms with E-state index in [-0.39, 0.29) is 43.9 Å². The van der Waals surface area contributed by atoms with Crippen molar-refractivity contribution in [3.8, 4) is 12.3 Å². The number of terminal acetylenes is 1. The lowest BCUT2D eigenvalue weighted by molar-refractivity contribution is -0.370. The summed E-state index contributed by atoms with van der Waals surface area (Å²) < 4.78 is 100. The number of aliphatic hydroxyl groups excluding tert-OH is 3. The zero-order chi connectivity index (χ0) is 68.6. The number of rotatable bonds is 29. The Labute approximate surface area is 562 Å². The lowest BCUT2D eigenvalue weighted by Gasteiger charge is -2.52. The van der Waals surface area contributed by atoms with Crippen molar-refractivity contribution in [2.75, 3.05) is 26.4 Å². The smallest absolute Gasteiger partial charge is 0.167 e. The molecule has 0 aromatic heterocycles. The molecule has 0 spiro atoms. The van der Waals surface area contributed by atoms with Gasteiger partial charge >= 0.3 is 0 Å². The summed E-state index contributed by atoms with van der Waals surface area (Å²) in [7, 11) is 0. The van der Waals surface area contributed by atoms with Gasteiger partial charge in [0.25, 0.3) is 0 Å². The van der Waals surface area contributed by atoms with Crippen molar-refractivity contribution in [3.05, 3.63) is 139 Å². The molecular formula is C69H97N9O18. The Hall–Kier alpha value is -5.57. The van der Waals surface area contributed by atoms with E-state index >= 15 is 0 Å². The molecule has 526 valence electrons. The molecule has 9 rings (SSSR count). The fourth-order valence-corrected chi connectivity index (χ4v) is 14.1. The molecule has 3 aromatic carbocycles. The van der Waals surface area contributed by atoms with E-state index in [0.29, 0.717) is 19.4 Å².